The van der Waals surface area contributed by atoms with E-state index in [1.165, 1.54) is 0 Å². The third kappa shape index (κ3) is 9510. The smallest absolute Gasteiger partial charge is 0.00686 e. The first-order chi connectivity index (χ1) is 2.00. The second-order valence-corrected chi connectivity index (χ2v) is 2.37. The summed E-state index contributed by atoms with van der Waals surface area (Å²) in [6.07, 6.45) is 0. The van der Waals surface area contributed by atoms with Gasteiger partial charge in [-0.1, -0.05) is 0 Å². The summed E-state index contributed by atoms with van der Waals surface area (Å²) in [5.41, 5.74) is 5.35. The molecule has 0 spiro atoms. The highest BCUT2D eigenvalue weighted by atomic mass is 14.7. The molecule has 1 radical (unpaired) electrons. The van der Waals surface area contributed by atoms with Crippen LogP contribution in [0.4, 0.5) is 0 Å². The maximum atomic E-state index is 5.35. The SMILES string of the molecule is CC(C)(C)N.[H]. The first kappa shape index (κ1) is 4.96. The Labute approximate surface area is 34.7 Å². The Morgan fingerprint density at radius 3 is 1.40 bits per heavy atom. The third-order valence-electron chi connectivity index (χ3n) is 0. The van der Waals surface area contributed by atoms with Crippen LogP contribution >= 0.6 is 0 Å². The van der Waals surface area contributed by atoms with Gasteiger partial charge in [0.25, 0.3) is 0 Å². The summed E-state index contributed by atoms with van der Waals surface area (Å²) >= 11 is 0. The highest BCUT2D eigenvalue weighted by molar-refractivity contribution is 4.60. The summed E-state index contributed by atoms with van der Waals surface area (Å²) in [6, 6.07) is 0. The van der Waals surface area contributed by atoms with Crippen molar-refractivity contribution in [2.45, 2.75) is 26.3 Å². The normalized spacial score (nSPS) is 12.0. The van der Waals surface area contributed by atoms with Gasteiger partial charge in [0.1, 0.15) is 0 Å². The quantitative estimate of drug-likeness (QED) is 0.453. The molecule has 0 unspecified atom stereocenters. The van der Waals surface area contributed by atoms with Gasteiger partial charge in [-0.15, -0.1) is 0 Å². The molecule has 0 bridgehead atoms. The summed E-state index contributed by atoms with van der Waals surface area (Å²) in [4.78, 5) is 0. The minimum absolute atomic E-state index is 0. The van der Waals surface area contributed by atoms with Crippen molar-refractivity contribution in [2.24, 2.45) is 5.73 Å². The van der Waals surface area contributed by atoms with Gasteiger partial charge in [0.2, 0.25) is 0 Å². The summed E-state index contributed by atoms with van der Waals surface area (Å²) < 4.78 is 0. The molecule has 0 aliphatic heterocycles. The molecule has 1 heteroatoms. The van der Waals surface area contributed by atoms with E-state index in [1.807, 2.05) is 20.8 Å². The van der Waals surface area contributed by atoms with Crippen molar-refractivity contribution < 1.29 is 1.43 Å². The monoisotopic (exact) mass is 74.1 g/mol. The van der Waals surface area contributed by atoms with Crippen LogP contribution in [0.25, 0.3) is 0 Å². The molecule has 0 aliphatic rings. The topological polar surface area (TPSA) is 26.0 Å². The molecule has 1 nitrogen and oxygen atoms in total. The van der Waals surface area contributed by atoms with Crippen LogP contribution in [0.2, 0.25) is 0 Å². The van der Waals surface area contributed by atoms with Crippen molar-refractivity contribution in [3.63, 3.8) is 0 Å². The van der Waals surface area contributed by atoms with E-state index in [1.54, 1.807) is 0 Å². The molecular formula is C4H12N. The van der Waals surface area contributed by atoms with Crippen LogP contribution in [0.15, 0.2) is 0 Å². The van der Waals surface area contributed by atoms with Gasteiger partial charge >= 0.3 is 0 Å². The standard InChI is InChI=1S/C4H11N.H/c1-4(2,3)5;/h5H2,1-3H3;. The van der Waals surface area contributed by atoms with E-state index in [-0.39, 0.29) is 6.97 Å². The van der Waals surface area contributed by atoms with Crippen molar-refractivity contribution in [2.75, 3.05) is 0 Å². The lowest BCUT2D eigenvalue weighted by Crippen LogP contribution is -2.26. The third-order valence-corrected chi connectivity index (χ3v) is 0. The van der Waals surface area contributed by atoms with Crippen molar-refractivity contribution >= 4 is 0 Å². The van der Waals surface area contributed by atoms with Gasteiger partial charge in [0.15, 0.2) is 0 Å². The predicted molar refractivity (Wildman–Crippen MR) is 25.1 cm³/mol. The summed E-state index contributed by atoms with van der Waals surface area (Å²) in [7, 11) is 0. The van der Waals surface area contributed by atoms with Crippen LogP contribution < -0.4 is 5.73 Å². The van der Waals surface area contributed by atoms with E-state index >= 15 is 0 Å². The Balaban J connectivity index is 0. The van der Waals surface area contributed by atoms with Crippen LogP contribution in [0.5, 0.6) is 0 Å². The van der Waals surface area contributed by atoms with Gasteiger partial charge in [0, 0.05) is 6.97 Å². The van der Waals surface area contributed by atoms with Gasteiger partial charge in [-0.3, -0.25) is 0 Å². The van der Waals surface area contributed by atoms with E-state index in [4.69, 9.17) is 5.73 Å². The van der Waals surface area contributed by atoms with Crippen molar-refractivity contribution in [3.8, 4) is 0 Å². The largest absolute Gasteiger partial charge is 0.326 e. The molecule has 5 heavy (non-hydrogen) atoms. The lowest BCUT2D eigenvalue weighted by atomic mass is 10.1. The molecule has 33 valence electrons. The Hall–Kier alpha value is -0.0400. The minimum Gasteiger partial charge on any atom is -0.326 e. The molecular weight excluding hydrogens is 62.1 g/mol. The molecule has 0 atom stereocenters. The Morgan fingerprint density at radius 2 is 1.40 bits per heavy atom. The Bertz CT molecular complexity index is 23.0. The van der Waals surface area contributed by atoms with Crippen molar-refractivity contribution in [1.29, 1.82) is 0 Å². The molecule has 0 aliphatic carbocycles. The molecule has 0 rings (SSSR count). The van der Waals surface area contributed by atoms with Crippen LogP contribution in [-0.2, 0) is 0 Å². The second kappa shape index (κ2) is 0.977. The average molecular weight is 74.1 g/mol. The molecule has 0 aromatic carbocycles. The fraction of sp³-hybridized carbons (Fsp3) is 1.00. The second-order valence-electron chi connectivity index (χ2n) is 2.37. The van der Waals surface area contributed by atoms with Gasteiger partial charge in [-0.25, -0.2) is 0 Å². The van der Waals surface area contributed by atoms with Gasteiger partial charge in [-0.2, -0.15) is 0 Å². The van der Waals surface area contributed by atoms with Crippen molar-refractivity contribution in [1.82, 2.24) is 0 Å². The van der Waals surface area contributed by atoms with Crippen LogP contribution in [0.1, 0.15) is 22.2 Å². The maximum absolute atomic E-state index is 5.35. The van der Waals surface area contributed by atoms with Crippen molar-refractivity contribution in [3.05, 3.63) is 0 Å². The van der Waals surface area contributed by atoms with Gasteiger partial charge in [-0.05, 0) is 20.8 Å². The average Bonchev–Trinajstić information content (AvgIpc) is 0.722. The molecule has 0 amide bonds. The highest BCUT2D eigenvalue weighted by Gasteiger charge is 1.95. The Kier molecular flexibility index (Phi) is 0.969. The van der Waals surface area contributed by atoms with Crippen LogP contribution in [0, 0.1) is 0 Å². The fourth-order valence-corrected chi connectivity index (χ4v) is 0. The minimum atomic E-state index is 0. The van der Waals surface area contributed by atoms with E-state index < -0.39 is 0 Å². The predicted octanol–water partition coefficient (Wildman–Crippen LogP) is 0.856. The molecule has 0 saturated carbocycles. The number of nitrogens with two attached hydrogens (primary N) is 1. The molecule has 0 fully saturated rings. The summed E-state index contributed by atoms with van der Waals surface area (Å²) in [5, 5.41) is 0. The summed E-state index contributed by atoms with van der Waals surface area (Å²) in [6.45, 7) is 5.90. The zero-order valence-corrected chi connectivity index (χ0v) is 4.08. The highest BCUT2D eigenvalue weighted by Crippen LogP contribution is 1.88. The molecule has 0 saturated heterocycles. The zero-order valence-electron chi connectivity index (χ0n) is 5.08. The van der Waals surface area contributed by atoms with Gasteiger partial charge < -0.3 is 5.73 Å². The molecule has 2 N–H and O–H groups in total. The molecule has 0 aromatic rings. The summed E-state index contributed by atoms with van der Waals surface area (Å²) in [5.74, 6) is 0. The fourth-order valence-electron chi connectivity index (χ4n) is 0. The lowest BCUT2D eigenvalue weighted by Gasteiger charge is -2.06. The zero-order chi connectivity index (χ0) is 4.50. The maximum Gasteiger partial charge on any atom is 0.00686 e. The van der Waals surface area contributed by atoms with E-state index in [2.05, 4.69) is 0 Å². The Morgan fingerprint density at radius 1 is 1.40 bits per heavy atom. The first-order valence-electron chi connectivity index (χ1n) is 1.79. The van der Waals surface area contributed by atoms with Crippen LogP contribution in [-0.4, -0.2) is 5.54 Å². The van der Waals surface area contributed by atoms with E-state index in [0.29, 0.717) is 0 Å². The lowest BCUT2D eigenvalue weighted by molar-refractivity contribution is 0.580. The van der Waals surface area contributed by atoms with Gasteiger partial charge in [0.05, 0.1) is 0 Å². The van der Waals surface area contributed by atoms with Crippen LogP contribution in [0.3, 0.4) is 0 Å². The number of rotatable bonds is 0. The van der Waals surface area contributed by atoms with E-state index in [0.717, 1.165) is 0 Å². The number of hydrogen-bond acceptors (Lipinski definition) is 1. The number of hydrogen-bond donors (Lipinski definition) is 1. The van der Waals surface area contributed by atoms with E-state index in [9.17, 15) is 0 Å². The molecule has 0 aromatic heterocycles. The molecule has 0 heterocycles. The first-order valence-corrected chi connectivity index (χ1v) is 1.79.